The second-order valence-electron chi connectivity index (χ2n) is 5.13. The van der Waals surface area contributed by atoms with Gasteiger partial charge < -0.3 is 5.73 Å². The molecule has 86 valence electrons. The maximum absolute atomic E-state index is 6.14. The van der Waals surface area contributed by atoms with Gasteiger partial charge in [0.1, 0.15) is 11.5 Å². The first kappa shape index (κ1) is 11.5. The number of hydrogen-bond donors (Lipinski definition) is 1. The number of nitrogen functional groups attached to an aromatic ring is 1. The Bertz CT molecular complexity index is 549. The molecule has 0 atom stereocenters. The fourth-order valence-corrected chi connectivity index (χ4v) is 2.39. The SMILES string of the molecule is Cc1cc(Br)cn2c(N)c(C(C)(C)C)nc12. The van der Waals surface area contributed by atoms with Crippen molar-refractivity contribution in [1.29, 1.82) is 0 Å². The first-order valence-corrected chi connectivity index (χ1v) is 6.04. The number of halogens is 1. The predicted octanol–water partition coefficient (Wildman–Crippen LogP) is 3.28. The largest absolute Gasteiger partial charge is 0.383 e. The molecule has 0 bridgehead atoms. The molecule has 2 aromatic heterocycles. The van der Waals surface area contributed by atoms with Crippen LogP contribution in [0.15, 0.2) is 16.7 Å². The van der Waals surface area contributed by atoms with E-state index in [1.807, 2.05) is 23.6 Å². The molecule has 0 saturated carbocycles. The topological polar surface area (TPSA) is 43.3 Å². The number of imidazole rings is 1. The molecular weight excluding hydrogens is 266 g/mol. The van der Waals surface area contributed by atoms with Gasteiger partial charge in [-0.3, -0.25) is 4.40 Å². The van der Waals surface area contributed by atoms with Crippen LogP contribution in [0.25, 0.3) is 5.65 Å². The summed E-state index contributed by atoms with van der Waals surface area (Å²) in [4.78, 5) is 4.64. The molecule has 4 heteroatoms. The minimum Gasteiger partial charge on any atom is -0.383 e. The molecule has 16 heavy (non-hydrogen) atoms. The molecule has 2 aromatic rings. The van der Waals surface area contributed by atoms with Gasteiger partial charge in [0.05, 0.1) is 5.69 Å². The maximum Gasteiger partial charge on any atom is 0.141 e. The van der Waals surface area contributed by atoms with E-state index in [9.17, 15) is 0 Å². The third kappa shape index (κ3) is 1.71. The van der Waals surface area contributed by atoms with Crippen LogP contribution in [0, 0.1) is 6.92 Å². The Balaban J connectivity index is 2.83. The van der Waals surface area contributed by atoms with E-state index in [2.05, 4.69) is 41.7 Å². The molecule has 0 radical (unpaired) electrons. The van der Waals surface area contributed by atoms with Crippen LogP contribution in [0.1, 0.15) is 32.0 Å². The number of hydrogen-bond acceptors (Lipinski definition) is 2. The first-order chi connectivity index (χ1) is 7.30. The van der Waals surface area contributed by atoms with E-state index in [0.717, 1.165) is 27.2 Å². The minimum atomic E-state index is -0.0327. The molecule has 2 N–H and O–H groups in total. The Morgan fingerprint density at radius 2 is 2.00 bits per heavy atom. The fraction of sp³-hybridized carbons (Fsp3) is 0.417. The van der Waals surface area contributed by atoms with E-state index >= 15 is 0 Å². The average molecular weight is 282 g/mol. The number of aromatic nitrogens is 2. The Morgan fingerprint density at radius 3 is 2.56 bits per heavy atom. The van der Waals surface area contributed by atoms with E-state index in [-0.39, 0.29) is 5.41 Å². The van der Waals surface area contributed by atoms with Crippen LogP contribution in [0.2, 0.25) is 0 Å². The Morgan fingerprint density at radius 1 is 1.38 bits per heavy atom. The van der Waals surface area contributed by atoms with Gasteiger partial charge in [0.15, 0.2) is 0 Å². The predicted molar refractivity (Wildman–Crippen MR) is 70.7 cm³/mol. The number of pyridine rings is 1. The lowest BCUT2D eigenvalue weighted by Crippen LogP contribution is -2.14. The van der Waals surface area contributed by atoms with E-state index in [4.69, 9.17) is 5.73 Å². The quantitative estimate of drug-likeness (QED) is 0.805. The van der Waals surface area contributed by atoms with Crippen molar-refractivity contribution in [2.24, 2.45) is 0 Å². The van der Waals surface area contributed by atoms with Gasteiger partial charge in [-0.25, -0.2) is 4.98 Å². The van der Waals surface area contributed by atoms with E-state index in [1.165, 1.54) is 0 Å². The van der Waals surface area contributed by atoms with Crippen molar-refractivity contribution in [1.82, 2.24) is 9.38 Å². The monoisotopic (exact) mass is 281 g/mol. The third-order valence-electron chi connectivity index (χ3n) is 2.62. The molecule has 0 aromatic carbocycles. The number of rotatable bonds is 0. The number of nitrogens with zero attached hydrogens (tertiary/aromatic N) is 2. The van der Waals surface area contributed by atoms with Gasteiger partial charge in [0.2, 0.25) is 0 Å². The highest BCUT2D eigenvalue weighted by atomic mass is 79.9. The zero-order chi connectivity index (χ0) is 12.1. The van der Waals surface area contributed by atoms with Crippen molar-refractivity contribution in [2.75, 3.05) is 5.73 Å². The zero-order valence-corrected chi connectivity index (χ0v) is 11.6. The van der Waals surface area contributed by atoms with E-state index in [1.54, 1.807) is 0 Å². The molecular formula is C12H16BrN3. The summed E-state index contributed by atoms with van der Waals surface area (Å²) >= 11 is 3.47. The molecule has 0 spiro atoms. The highest BCUT2D eigenvalue weighted by molar-refractivity contribution is 9.10. The summed E-state index contributed by atoms with van der Waals surface area (Å²) in [5, 5.41) is 0. The second-order valence-corrected chi connectivity index (χ2v) is 6.05. The van der Waals surface area contributed by atoms with E-state index < -0.39 is 0 Å². The lowest BCUT2D eigenvalue weighted by molar-refractivity contribution is 0.575. The van der Waals surface area contributed by atoms with Gasteiger partial charge in [0.25, 0.3) is 0 Å². The van der Waals surface area contributed by atoms with Crippen LogP contribution in [-0.2, 0) is 5.41 Å². The molecule has 0 aliphatic rings. The average Bonchev–Trinajstić information content (AvgIpc) is 2.43. The van der Waals surface area contributed by atoms with Crippen molar-refractivity contribution in [3.05, 3.63) is 28.0 Å². The highest BCUT2D eigenvalue weighted by Crippen LogP contribution is 2.30. The number of nitrogens with two attached hydrogens (primary N) is 1. The standard InChI is InChI=1S/C12H16BrN3/c1-7-5-8(13)6-16-10(14)9(12(2,3)4)15-11(7)16/h5-6H,14H2,1-4H3. The summed E-state index contributed by atoms with van der Waals surface area (Å²) in [5.41, 5.74) is 9.12. The van der Waals surface area contributed by atoms with Gasteiger partial charge >= 0.3 is 0 Å². The van der Waals surface area contributed by atoms with Crippen molar-refractivity contribution >= 4 is 27.4 Å². The molecule has 2 heterocycles. The summed E-state index contributed by atoms with van der Waals surface area (Å²) in [6, 6.07) is 2.05. The highest BCUT2D eigenvalue weighted by Gasteiger charge is 2.22. The molecule has 3 nitrogen and oxygen atoms in total. The normalized spacial score (nSPS) is 12.3. The van der Waals surface area contributed by atoms with Crippen molar-refractivity contribution in [2.45, 2.75) is 33.1 Å². The molecule has 0 saturated heterocycles. The molecule has 0 fully saturated rings. The van der Waals surface area contributed by atoms with Crippen LogP contribution in [0.5, 0.6) is 0 Å². The third-order valence-corrected chi connectivity index (χ3v) is 3.05. The summed E-state index contributed by atoms with van der Waals surface area (Å²) in [5.74, 6) is 0.729. The zero-order valence-electron chi connectivity index (χ0n) is 10.0. The van der Waals surface area contributed by atoms with Crippen LogP contribution in [-0.4, -0.2) is 9.38 Å². The summed E-state index contributed by atoms with van der Waals surface area (Å²) in [7, 11) is 0. The number of anilines is 1. The minimum absolute atomic E-state index is 0.0327. The van der Waals surface area contributed by atoms with Gasteiger partial charge in [0, 0.05) is 16.1 Å². The second kappa shape index (κ2) is 3.48. The lowest BCUT2D eigenvalue weighted by atomic mass is 9.92. The van der Waals surface area contributed by atoms with Gasteiger partial charge in [-0.05, 0) is 34.5 Å². The molecule has 0 aliphatic carbocycles. The molecule has 0 unspecified atom stereocenters. The molecule has 0 aliphatic heterocycles. The molecule has 2 rings (SSSR count). The smallest absolute Gasteiger partial charge is 0.141 e. The van der Waals surface area contributed by atoms with Gasteiger partial charge in [-0.2, -0.15) is 0 Å². The van der Waals surface area contributed by atoms with Crippen molar-refractivity contribution in [3.63, 3.8) is 0 Å². The fourth-order valence-electron chi connectivity index (χ4n) is 1.84. The summed E-state index contributed by atoms with van der Waals surface area (Å²) < 4.78 is 2.96. The Hall–Kier alpha value is -1.03. The Kier molecular flexibility index (Phi) is 2.49. The van der Waals surface area contributed by atoms with E-state index in [0.29, 0.717) is 0 Å². The van der Waals surface area contributed by atoms with Crippen LogP contribution in [0.3, 0.4) is 0 Å². The summed E-state index contributed by atoms with van der Waals surface area (Å²) in [6.07, 6.45) is 1.96. The van der Waals surface area contributed by atoms with Crippen LogP contribution in [0.4, 0.5) is 5.82 Å². The number of fused-ring (bicyclic) bond motifs is 1. The summed E-state index contributed by atoms with van der Waals surface area (Å²) in [6.45, 7) is 8.40. The van der Waals surface area contributed by atoms with Gasteiger partial charge in [-0.1, -0.05) is 20.8 Å². The first-order valence-electron chi connectivity index (χ1n) is 5.25. The van der Waals surface area contributed by atoms with Crippen molar-refractivity contribution in [3.8, 4) is 0 Å². The van der Waals surface area contributed by atoms with Crippen molar-refractivity contribution < 1.29 is 0 Å². The van der Waals surface area contributed by atoms with Crippen LogP contribution < -0.4 is 5.73 Å². The lowest BCUT2D eigenvalue weighted by Gasteiger charge is -2.15. The maximum atomic E-state index is 6.14. The molecule has 0 amide bonds. The van der Waals surface area contributed by atoms with Crippen LogP contribution >= 0.6 is 15.9 Å². The Labute approximate surface area is 104 Å². The van der Waals surface area contributed by atoms with Gasteiger partial charge in [-0.15, -0.1) is 0 Å². The number of aryl methyl sites for hydroxylation is 1.